The normalized spacial score (nSPS) is 10.9. The first-order valence-corrected chi connectivity index (χ1v) is 10.2. The lowest BCUT2D eigenvalue weighted by Gasteiger charge is -2.22. The number of sulfonamides is 1. The van der Waals surface area contributed by atoms with E-state index < -0.39 is 21.9 Å². The molecule has 0 aliphatic rings. The molecule has 0 saturated carbocycles. The average molecular weight is 390 g/mol. The summed E-state index contributed by atoms with van der Waals surface area (Å²) in [6, 6.07) is 13.0. The Labute approximate surface area is 159 Å². The molecule has 27 heavy (non-hydrogen) atoms. The van der Waals surface area contributed by atoms with Crippen molar-refractivity contribution < 1.29 is 22.7 Å². The lowest BCUT2D eigenvalue weighted by molar-refractivity contribution is -0.114. The van der Waals surface area contributed by atoms with Crippen LogP contribution in [0.1, 0.15) is 22.8 Å². The van der Waals surface area contributed by atoms with Crippen molar-refractivity contribution in [1.82, 2.24) is 0 Å². The highest BCUT2D eigenvalue weighted by atomic mass is 32.2. The molecule has 1 N–H and O–H groups in total. The maximum Gasteiger partial charge on any atom is 0.338 e. The van der Waals surface area contributed by atoms with E-state index in [2.05, 4.69) is 5.32 Å². The number of nitrogens with one attached hydrogen (secondary N) is 1. The van der Waals surface area contributed by atoms with Crippen LogP contribution >= 0.6 is 0 Å². The van der Waals surface area contributed by atoms with E-state index in [1.54, 1.807) is 43.3 Å². The summed E-state index contributed by atoms with van der Waals surface area (Å²) in [7, 11) is -3.63. The molecule has 1 amide bonds. The van der Waals surface area contributed by atoms with Gasteiger partial charge >= 0.3 is 5.97 Å². The summed E-state index contributed by atoms with van der Waals surface area (Å²) in [5, 5.41) is 2.63. The van der Waals surface area contributed by atoms with Crippen molar-refractivity contribution in [2.45, 2.75) is 13.8 Å². The zero-order chi connectivity index (χ0) is 20.0. The fraction of sp³-hybridized carbons (Fsp3) is 0.263. The molecule has 0 bridgehead atoms. The maximum atomic E-state index is 12.3. The molecule has 2 aromatic carbocycles. The Balaban J connectivity index is 2.10. The van der Waals surface area contributed by atoms with Gasteiger partial charge in [0.1, 0.15) is 6.54 Å². The van der Waals surface area contributed by atoms with Crippen LogP contribution < -0.4 is 9.62 Å². The molecule has 0 aliphatic heterocycles. The van der Waals surface area contributed by atoms with Crippen molar-refractivity contribution in [3.63, 3.8) is 0 Å². The summed E-state index contributed by atoms with van der Waals surface area (Å²) in [5.74, 6) is -0.942. The standard InChI is InChI=1S/C19H22N2O5S/c1-4-26-19(23)15-7-9-16(10-8-15)20-18(22)13-21(27(3,24)25)17-11-5-14(2)6-12-17/h5-12H,4,13H2,1-3H3,(H,20,22). The van der Waals surface area contributed by atoms with Gasteiger partial charge in [-0.05, 0) is 50.2 Å². The molecule has 0 atom stereocenters. The number of anilines is 2. The molecule has 0 radical (unpaired) electrons. The third-order valence-corrected chi connectivity index (χ3v) is 4.83. The van der Waals surface area contributed by atoms with Gasteiger partial charge in [-0.15, -0.1) is 0 Å². The van der Waals surface area contributed by atoms with Crippen molar-refractivity contribution >= 4 is 33.3 Å². The quantitative estimate of drug-likeness (QED) is 0.734. The van der Waals surface area contributed by atoms with Gasteiger partial charge in [-0.1, -0.05) is 17.7 Å². The van der Waals surface area contributed by atoms with Crippen molar-refractivity contribution in [3.8, 4) is 0 Å². The van der Waals surface area contributed by atoms with Crippen LogP contribution in [0, 0.1) is 6.92 Å². The van der Waals surface area contributed by atoms with E-state index in [-0.39, 0.29) is 13.2 Å². The van der Waals surface area contributed by atoms with Gasteiger partial charge in [-0.25, -0.2) is 13.2 Å². The van der Waals surface area contributed by atoms with E-state index >= 15 is 0 Å². The van der Waals surface area contributed by atoms with Gasteiger partial charge in [-0.2, -0.15) is 0 Å². The number of carbonyl (C=O) groups is 2. The van der Waals surface area contributed by atoms with Crippen molar-refractivity contribution in [2.75, 3.05) is 29.0 Å². The van der Waals surface area contributed by atoms with Crippen LogP contribution in [0.15, 0.2) is 48.5 Å². The first-order chi connectivity index (χ1) is 12.7. The fourth-order valence-corrected chi connectivity index (χ4v) is 3.20. The molecular weight excluding hydrogens is 368 g/mol. The number of amides is 1. The smallest absolute Gasteiger partial charge is 0.338 e. The second kappa shape index (κ2) is 8.68. The van der Waals surface area contributed by atoms with Crippen LogP contribution in [0.25, 0.3) is 0 Å². The molecule has 0 unspecified atom stereocenters. The lowest BCUT2D eigenvalue weighted by atomic mass is 10.2. The number of esters is 1. The summed E-state index contributed by atoms with van der Waals surface area (Å²) in [6.45, 7) is 3.52. The summed E-state index contributed by atoms with van der Waals surface area (Å²) in [5.41, 5.74) is 2.21. The molecule has 0 fully saturated rings. The number of hydrogen-bond acceptors (Lipinski definition) is 5. The Hall–Kier alpha value is -2.87. The number of nitrogens with zero attached hydrogens (tertiary/aromatic N) is 1. The molecule has 7 nitrogen and oxygen atoms in total. The molecule has 0 spiro atoms. The highest BCUT2D eigenvalue weighted by Gasteiger charge is 2.21. The second-order valence-electron chi connectivity index (χ2n) is 5.95. The van der Waals surface area contributed by atoms with E-state index in [0.717, 1.165) is 16.1 Å². The zero-order valence-corrected chi connectivity index (χ0v) is 16.2. The number of hydrogen-bond donors (Lipinski definition) is 1. The Bertz CT molecular complexity index is 906. The van der Waals surface area contributed by atoms with Crippen LogP contribution in [-0.4, -0.2) is 39.7 Å². The topological polar surface area (TPSA) is 92.8 Å². The SMILES string of the molecule is CCOC(=O)c1ccc(NC(=O)CN(c2ccc(C)cc2)S(C)(=O)=O)cc1. The van der Waals surface area contributed by atoms with Crippen molar-refractivity contribution in [2.24, 2.45) is 0 Å². The molecule has 2 rings (SSSR count). The Kier molecular flexibility index (Phi) is 6.57. The summed E-state index contributed by atoms with van der Waals surface area (Å²) in [4.78, 5) is 24.0. The number of carbonyl (C=O) groups excluding carboxylic acids is 2. The molecule has 8 heteroatoms. The van der Waals surface area contributed by atoms with Crippen LogP contribution in [0.4, 0.5) is 11.4 Å². The van der Waals surface area contributed by atoms with E-state index in [0.29, 0.717) is 16.9 Å². The van der Waals surface area contributed by atoms with Gasteiger partial charge in [0.2, 0.25) is 15.9 Å². The molecule has 0 saturated heterocycles. The number of benzene rings is 2. The van der Waals surface area contributed by atoms with Gasteiger partial charge in [0.25, 0.3) is 0 Å². The summed E-state index contributed by atoms with van der Waals surface area (Å²) < 4.78 is 30.1. The van der Waals surface area contributed by atoms with Gasteiger partial charge in [-0.3, -0.25) is 9.10 Å². The third-order valence-electron chi connectivity index (χ3n) is 3.69. The Morgan fingerprint density at radius 3 is 2.15 bits per heavy atom. The highest BCUT2D eigenvalue weighted by molar-refractivity contribution is 7.92. The van der Waals surface area contributed by atoms with Crippen molar-refractivity contribution in [3.05, 3.63) is 59.7 Å². The van der Waals surface area contributed by atoms with Crippen LogP contribution in [-0.2, 0) is 19.6 Å². The number of rotatable bonds is 7. The molecule has 0 heterocycles. The van der Waals surface area contributed by atoms with Gasteiger partial charge in [0.15, 0.2) is 0 Å². The molecule has 2 aromatic rings. The monoisotopic (exact) mass is 390 g/mol. The maximum absolute atomic E-state index is 12.3. The Morgan fingerprint density at radius 2 is 1.63 bits per heavy atom. The average Bonchev–Trinajstić information content (AvgIpc) is 2.60. The predicted molar refractivity (Wildman–Crippen MR) is 104 cm³/mol. The zero-order valence-electron chi connectivity index (χ0n) is 15.4. The number of ether oxygens (including phenoxy) is 1. The van der Waals surface area contributed by atoms with E-state index in [1.165, 1.54) is 12.1 Å². The van der Waals surface area contributed by atoms with Crippen molar-refractivity contribution in [1.29, 1.82) is 0 Å². The predicted octanol–water partition coefficient (Wildman–Crippen LogP) is 2.58. The highest BCUT2D eigenvalue weighted by Crippen LogP contribution is 2.18. The molecule has 144 valence electrons. The number of aryl methyl sites for hydroxylation is 1. The first kappa shape index (κ1) is 20.4. The van der Waals surface area contributed by atoms with Gasteiger partial charge < -0.3 is 10.1 Å². The van der Waals surface area contributed by atoms with Gasteiger partial charge in [0, 0.05) is 5.69 Å². The minimum atomic E-state index is -3.63. The Morgan fingerprint density at radius 1 is 1.04 bits per heavy atom. The van der Waals surface area contributed by atoms with Crippen LogP contribution in [0.2, 0.25) is 0 Å². The third kappa shape index (κ3) is 5.82. The van der Waals surface area contributed by atoms with E-state index in [1.807, 2.05) is 6.92 Å². The van der Waals surface area contributed by atoms with E-state index in [4.69, 9.17) is 4.74 Å². The summed E-state index contributed by atoms with van der Waals surface area (Å²) >= 11 is 0. The van der Waals surface area contributed by atoms with Gasteiger partial charge in [0.05, 0.1) is 24.1 Å². The second-order valence-corrected chi connectivity index (χ2v) is 7.86. The molecule has 0 aromatic heterocycles. The molecular formula is C19H22N2O5S. The minimum Gasteiger partial charge on any atom is -0.462 e. The lowest BCUT2D eigenvalue weighted by Crippen LogP contribution is -2.37. The summed E-state index contributed by atoms with van der Waals surface area (Å²) in [6.07, 6.45) is 1.05. The largest absolute Gasteiger partial charge is 0.462 e. The molecule has 0 aliphatic carbocycles. The first-order valence-electron chi connectivity index (χ1n) is 8.32. The van der Waals surface area contributed by atoms with Crippen LogP contribution in [0.5, 0.6) is 0 Å². The fourth-order valence-electron chi connectivity index (χ4n) is 2.35. The van der Waals surface area contributed by atoms with E-state index in [9.17, 15) is 18.0 Å². The minimum absolute atomic E-state index is 0.275. The van der Waals surface area contributed by atoms with Crippen LogP contribution in [0.3, 0.4) is 0 Å².